The van der Waals surface area contributed by atoms with Crippen LogP contribution in [0.15, 0.2) is 16.3 Å². The summed E-state index contributed by atoms with van der Waals surface area (Å²) in [5, 5.41) is 0. The van der Waals surface area contributed by atoms with Gasteiger partial charge in [-0.15, -0.1) is 34.4 Å². The third-order valence-electron chi connectivity index (χ3n) is 1.51. The molecular weight excluding hydrogens is 192 g/mol. The highest BCUT2D eigenvalue weighted by molar-refractivity contribution is 8.00. The van der Waals surface area contributed by atoms with Crippen molar-refractivity contribution < 1.29 is 0 Å². The highest BCUT2D eigenvalue weighted by Crippen LogP contribution is 2.36. The fourth-order valence-corrected chi connectivity index (χ4v) is 4.00. The van der Waals surface area contributed by atoms with Crippen LogP contribution in [0, 0.1) is 6.92 Å². The third-order valence-corrected chi connectivity index (χ3v) is 4.78. The van der Waals surface area contributed by atoms with Gasteiger partial charge in [0, 0.05) is 14.3 Å². The third kappa shape index (κ3) is 1.33. The van der Waals surface area contributed by atoms with Crippen molar-refractivity contribution in [3.8, 4) is 0 Å². The molecular formula is C8H8S3. The maximum absolute atomic E-state index is 2.28. The van der Waals surface area contributed by atoms with E-state index in [9.17, 15) is 0 Å². The predicted molar refractivity (Wildman–Crippen MR) is 56.2 cm³/mol. The van der Waals surface area contributed by atoms with Gasteiger partial charge in [0.15, 0.2) is 0 Å². The standard InChI is InChI=1S/C8H8S3/c1-5-3-6-7(10-5)4-8(9-2)11-6/h3-4H,1-2H3. The van der Waals surface area contributed by atoms with Crippen molar-refractivity contribution in [2.45, 2.75) is 11.1 Å². The van der Waals surface area contributed by atoms with Crippen LogP contribution in [-0.4, -0.2) is 6.26 Å². The van der Waals surface area contributed by atoms with Crippen LogP contribution in [0.1, 0.15) is 4.88 Å². The smallest absolute Gasteiger partial charge is 0.0616 e. The van der Waals surface area contributed by atoms with E-state index in [0.717, 1.165) is 0 Å². The van der Waals surface area contributed by atoms with Crippen LogP contribution in [0.2, 0.25) is 0 Å². The Morgan fingerprint density at radius 2 is 1.91 bits per heavy atom. The van der Waals surface area contributed by atoms with E-state index < -0.39 is 0 Å². The van der Waals surface area contributed by atoms with Gasteiger partial charge < -0.3 is 0 Å². The lowest BCUT2D eigenvalue weighted by molar-refractivity contribution is 1.66. The molecule has 0 aliphatic heterocycles. The molecule has 0 bridgehead atoms. The largest absolute Gasteiger partial charge is 0.140 e. The summed E-state index contributed by atoms with van der Waals surface area (Å²) < 4.78 is 4.31. The van der Waals surface area contributed by atoms with Gasteiger partial charge in [0.25, 0.3) is 0 Å². The predicted octanol–water partition coefficient (Wildman–Crippen LogP) is 3.99. The second-order valence-corrected chi connectivity index (χ2v) is 5.83. The van der Waals surface area contributed by atoms with Crippen LogP contribution in [0.3, 0.4) is 0 Å². The lowest BCUT2D eigenvalue weighted by Crippen LogP contribution is -1.50. The summed E-state index contributed by atoms with van der Waals surface area (Å²) in [6, 6.07) is 4.55. The zero-order chi connectivity index (χ0) is 7.84. The summed E-state index contributed by atoms with van der Waals surface area (Å²) in [6.45, 7) is 2.16. The average Bonchev–Trinajstić information content (AvgIpc) is 2.43. The minimum Gasteiger partial charge on any atom is -0.140 e. The lowest BCUT2D eigenvalue weighted by atomic mass is 10.5. The first-order chi connectivity index (χ1) is 5.29. The van der Waals surface area contributed by atoms with Crippen molar-refractivity contribution in [2.24, 2.45) is 0 Å². The molecule has 0 saturated carbocycles. The zero-order valence-electron chi connectivity index (χ0n) is 6.38. The monoisotopic (exact) mass is 200 g/mol. The van der Waals surface area contributed by atoms with Crippen LogP contribution in [-0.2, 0) is 0 Å². The van der Waals surface area contributed by atoms with E-state index in [0.29, 0.717) is 0 Å². The van der Waals surface area contributed by atoms with Crippen molar-refractivity contribution in [3.63, 3.8) is 0 Å². The van der Waals surface area contributed by atoms with Crippen LogP contribution in [0.4, 0.5) is 0 Å². The summed E-state index contributed by atoms with van der Waals surface area (Å²) in [5.74, 6) is 0. The number of fused-ring (bicyclic) bond motifs is 1. The first-order valence-electron chi connectivity index (χ1n) is 3.33. The van der Waals surface area contributed by atoms with E-state index in [1.165, 1.54) is 18.5 Å². The average molecular weight is 200 g/mol. The molecule has 0 aliphatic carbocycles. The number of aryl methyl sites for hydroxylation is 1. The van der Waals surface area contributed by atoms with Crippen molar-refractivity contribution >= 4 is 43.8 Å². The van der Waals surface area contributed by atoms with Gasteiger partial charge in [0.1, 0.15) is 0 Å². The molecule has 0 spiro atoms. The minimum absolute atomic E-state index is 1.42. The Morgan fingerprint density at radius 1 is 1.18 bits per heavy atom. The van der Waals surface area contributed by atoms with Crippen molar-refractivity contribution in [3.05, 3.63) is 17.0 Å². The second kappa shape index (κ2) is 2.81. The summed E-state index contributed by atoms with van der Waals surface area (Å²) in [7, 11) is 0. The second-order valence-electron chi connectivity index (χ2n) is 2.36. The summed E-state index contributed by atoms with van der Waals surface area (Å²) in [4.78, 5) is 1.42. The lowest BCUT2D eigenvalue weighted by Gasteiger charge is -1.81. The molecule has 0 N–H and O–H groups in total. The summed E-state index contributed by atoms with van der Waals surface area (Å²) in [5.41, 5.74) is 0. The van der Waals surface area contributed by atoms with Gasteiger partial charge in [0.05, 0.1) is 4.21 Å². The molecule has 58 valence electrons. The van der Waals surface area contributed by atoms with Crippen LogP contribution in [0.25, 0.3) is 9.40 Å². The normalized spacial score (nSPS) is 11.1. The number of thiophene rings is 2. The first-order valence-corrected chi connectivity index (χ1v) is 6.19. The molecule has 0 saturated heterocycles. The number of thioether (sulfide) groups is 1. The fourth-order valence-electron chi connectivity index (χ4n) is 1.03. The van der Waals surface area contributed by atoms with Gasteiger partial charge in [-0.25, -0.2) is 0 Å². The number of hydrogen-bond donors (Lipinski definition) is 0. The molecule has 3 heteroatoms. The molecule has 0 unspecified atom stereocenters. The molecule has 0 fully saturated rings. The van der Waals surface area contributed by atoms with E-state index in [1.807, 2.05) is 34.4 Å². The number of hydrogen-bond acceptors (Lipinski definition) is 3. The molecule has 0 radical (unpaired) electrons. The molecule has 2 heterocycles. The molecule has 2 aromatic heterocycles. The Morgan fingerprint density at radius 3 is 2.55 bits per heavy atom. The van der Waals surface area contributed by atoms with Crippen molar-refractivity contribution in [1.29, 1.82) is 0 Å². The Hall–Kier alpha value is 0.01000. The van der Waals surface area contributed by atoms with Gasteiger partial charge in [0.2, 0.25) is 0 Å². The Balaban J connectivity index is 2.64. The van der Waals surface area contributed by atoms with Gasteiger partial charge in [-0.05, 0) is 25.3 Å². The van der Waals surface area contributed by atoms with Gasteiger partial charge in [-0.1, -0.05) is 0 Å². The zero-order valence-corrected chi connectivity index (χ0v) is 8.83. The Bertz CT molecular complexity index is 338. The quantitative estimate of drug-likeness (QED) is 0.627. The van der Waals surface area contributed by atoms with E-state index in [1.54, 1.807) is 0 Å². The molecule has 0 atom stereocenters. The maximum Gasteiger partial charge on any atom is 0.0616 e. The molecule has 0 nitrogen and oxygen atoms in total. The summed E-state index contributed by atoms with van der Waals surface area (Å²) >= 11 is 5.61. The van der Waals surface area contributed by atoms with Crippen molar-refractivity contribution in [1.82, 2.24) is 0 Å². The highest BCUT2D eigenvalue weighted by atomic mass is 32.2. The van der Waals surface area contributed by atoms with Gasteiger partial charge in [-0.2, -0.15) is 0 Å². The van der Waals surface area contributed by atoms with Crippen molar-refractivity contribution in [2.75, 3.05) is 6.26 Å². The minimum atomic E-state index is 1.42. The van der Waals surface area contributed by atoms with Crippen LogP contribution >= 0.6 is 34.4 Å². The fraction of sp³-hybridized carbons (Fsp3) is 0.250. The van der Waals surface area contributed by atoms with Gasteiger partial charge >= 0.3 is 0 Å². The number of rotatable bonds is 1. The maximum atomic E-state index is 2.28. The van der Waals surface area contributed by atoms with E-state index in [-0.39, 0.29) is 0 Å². The molecule has 0 aliphatic rings. The molecule has 11 heavy (non-hydrogen) atoms. The summed E-state index contributed by atoms with van der Waals surface area (Å²) in [6.07, 6.45) is 2.13. The Labute approximate surface area is 78.2 Å². The molecule has 2 rings (SSSR count). The van der Waals surface area contributed by atoms with Gasteiger partial charge in [-0.3, -0.25) is 0 Å². The van der Waals surface area contributed by atoms with E-state index in [4.69, 9.17) is 0 Å². The molecule has 2 aromatic rings. The van der Waals surface area contributed by atoms with Crippen LogP contribution in [0.5, 0.6) is 0 Å². The SMILES string of the molecule is CSc1cc2sc(C)cc2s1. The first kappa shape index (κ1) is 7.65. The van der Waals surface area contributed by atoms with E-state index >= 15 is 0 Å². The topological polar surface area (TPSA) is 0 Å². The highest BCUT2D eigenvalue weighted by Gasteiger charge is 2.02. The van der Waals surface area contributed by atoms with Crippen LogP contribution < -0.4 is 0 Å². The Kier molecular flexibility index (Phi) is 1.95. The molecule has 0 aromatic carbocycles. The van der Waals surface area contributed by atoms with E-state index in [2.05, 4.69) is 25.3 Å². The molecule has 0 amide bonds.